The molecule has 0 aliphatic carbocycles. The zero-order chi connectivity index (χ0) is 13.0. The molecule has 0 spiro atoms. The lowest BCUT2D eigenvalue weighted by Crippen LogP contribution is -2.37. The number of ether oxygens (including phenoxy) is 1. The Hall–Kier alpha value is -1.58. The Kier molecular flexibility index (Phi) is 4.18. The second kappa shape index (κ2) is 5.85. The van der Waals surface area contributed by atoms with Gasteiger partial charge in [0, 0.05) is 18.8 Å². The summed E-state index contributed by atoms with van der Waals surface area (Å²) in [5.41, 5.74) is 0.886. The van der Waals surface area contributed by atoms with Crippen molar-refractivity contribution in [1.29, 1.82) is 0 Å². The van der Waals surface area contributed by atoms with Crippen molar-refractivity contribution in [2.75, 3.05) is 24.6 Å². The average molecular weight is 251 g/mol. The summed E-state index contributed by atoms with van der Waals surface area (Å²) < 4.78 is 18.2. The monoisotopic (exact) mass is 251 g/mol. The van der Waals surface area contributed by atoms with Gasteiger partial charge >= 0.3 is 5.97 Å². The summed E-state index contributed by atoms with van der Waals surface area (Å²) in [5.74, 6) is -0.328. The molecule has 0 aromatic heterocycles. The van der Waals surface area contributed by atoms with E-state index in [2.05, 4.69) is 4.90 Å². The number of nitrogens with zero attached hydrogens (tertiary/aromatic N) is 1. The van der Waals surface area contributed by atoms with Crippen molar-refractivity contribution in [1.82, 2.24) is 0 Å². The van der Waals surface area contributed by atoms with Crippen LogP contribution in [0.3, 0.4) is 0 Å². The maximum Gasteiger partial charge on any atom is 0.309 e. The van der Waals surface area contributed by atoms with Crippen LogP contribution in [-0.2, 0) is 9.53 Å². The topological polar surface area (TPSA) is 29.5 Å². The lowest BCUT2D eigenvalue weighted by Gasteiger charge is -2.32. The van der Waals surface area contributed by atoms with Crippen molar-refractivity contribution in [3.63, 3.8) is 0 Å². The zero-order valence-corrected chi connectivity index (χ0v) is 10.6. The molecular weight excluding hydrogens is 233 g/mol. The molecular formula is C14H18FNO2. The van der Waals surface area contributed by atoms with E-state index in [0.717, 1.165) is 31.6 Å². The lowest BCUT2D eigenvalue weighted by atomic mass is 9.96. The summed E-state index contributed by atoms with van der Waals surface area (Å²) in [6.07, 6.45) is 1.55. The fraction of sp³-hybridized carbons (Fsp3) is 0.500. The van der Waals surface area contributed by atoms with E-state index in [1.165, 1.54) is 12.1 Å². The predicted molar refractivity (Wildman–Crippen MR) is 68.0 cm³/mol. The molecule has 1 aliphatic rings. The molecule has 0 unspecified atom stereocenters. The Morgan fingerprint density at radius 2 is 2.17 bits per heavy atom. The molecule has 0 amide bonds. The van der Waals surface area contributed by atoms with Gasteiger partial charge in [-0.3, -0.25) is 4.79 Å². The van der Waals surface area contributed by atoms with Gasteiger partial charge in [-0.05, 0) is 38.0 Å². The second-order valence-corrected chi connectivity index (χ2v) is 4.49. The highest BCUT2D eigenvalue weighted by Crippen LogP contribution is 2.24. The highest BCUT2D eigenvalue weighted by Gasteiger charge is 2.26. The molecule has 1 aliphatic heterocycles. The van der Waals surface area contributed by atoms with Gasteiger partial charge in [-0.15, -0.1) is 0 Å². The standard InChI is InChI=1S/C14H18FNO2/c1-2-18-14(17)11-6-8-16(9-7-11)13-5-3-4-12(15)10-13/h3-5,10-11H,2,6-9H2,1H3. The molecule has 2 rings (SSSR count). The van der Waals surface area contributed by atoms with Crippen LogP contribution < -0.4 is 4.90 Å². The summed E-state index contributed by atoms with van der Waals surface area (Å²) in [4.78, 5) is 13.7. The second-order valence-electron chi connectivity index (χ2n) is 4.49. The number of anilines is 1. The van der Waals surface area contributed by atoms with E-state index in [-0.39, 0.29) is 17.7 Å². The summed E-state index contributed by atoms with van der Waals surface area (Å²) >= 11 is 0. The van der Waals surface area contributed by atoms with Gasteiger partial charge in [0.25, 0.3) is 0 Å². The van der Waals surface area contributed by atoms with E-state index in [0.29, 0.717) is 6.61 Å². The van der Waals surface area contributed by atoms with Gasteiger partial charge in [-0.1, -0.05) is 6.07 Å². The fourth-order valence-electron chi connectivity index (χ4n) is 2.31. The molecule has 0 atom stereocenters. The molecule has 1 saturated heterocycles. The van der Waals surface area contributed by atoms with Crippen molar-refractivity contribution in [3.05, 3.63) is 30.1 Å². The molecule has 98 valence electrons. The van der Waals surface area contributed by atoms with Gasteiger partial charge in [0.15, 0.2) is 0 Å². The fourth-order valence-corrected chi connectivity index (χ4v) is 2.31. The zero-order valence-electron chi connectivity index (χ0n) is 10.6. The number of carbonyl (C=O) groups excluding carboxylic acids is 1. The first-order valence-electron chi connectivity index (χ1n) is 6.38. The van der Waals surface area contributed by atoms with E-state index in [1.54, 1.807) is 6.07 Å². The molecule has 0 N–H and O–H groups in total. The Morgan fingerprint density at radius 3 is 2.78 bits per heavy atom. The lowest BCUT2D eigenvalue weighted by molar-refractivity contribution is -0.148. The number of carbonyl (C=O) groups is 1. The van der Waals surface area contributed by atoms with Gasteiger partial charge in [0.1, 0.15) is 5.82 Å². The molecule has 1 heterocycles. The number of halogens is 1. The number of hydrogen-bond acceptors (Lipinski definition) is 3. The molecule has 0 bridgehead atoms. The first-order valence-corrected chi connectivity index (χ1v) is 6.38. The summed E-state index contributed by atoms with van der Waals surface area (Å²) in [6, 6.07) is 6.58. The van der Waals surface area contributed by atoms with E-state index < -0.39 is 0 Å². The van der Waals surface area contributed by atoms with Gasteiger partial charge in [-0.2, -0.15) is 0 Å². The first-order chi connectivity index (χ1) is 8.70. The highest BCUT2D eigenvalue weighted by molar-refractivity contribution is 5.72. The van der Waals surface area contributed by atoms with Gasteiger partial charge in [0.05, 0.1) is 12.5 Å². The molecule has 4 heteroatoms. The molecule has 1 aromatic carbocycles. The normalized spacial score (nSPS) is 16.7. The van der Waals surface area contributed by atoms with Crippen LogP contribution in [0.15, 0.2) is 24.3 Å². The highest BCUT2D eigenvalue weighted by atomic mass is 19.1. The smallest absolute Gasteiger partial charge is 0.309 e. The molecule has 0 radical (unpaired) electrons. The van der Waals surface area contributed by atoms with Gasteiger partial charge in [-0.25, -0.2) is 4.39 Å². The van der Waals surface area contributed by atoms with Crippen molar-refractivity contribution in [3.8, 4) is 0 Å². The predicted octanol–water partition coefficient (Wildman–Crippen LogP) is 2.61. The van der Waals surface area contributed by atoms with Crippen LogP contribution in [0.2, 0.25) is 0 Å². The number of rotatable bonds is 3. The van der Waals surface area contributed by atoms with E-state index in [9.17, 15) is 9.18 Å². The van der Waals surface area contributed by atoms with Crippen LogP contribution in [-0.4, -0.2) is 25.7 Å². The van der Waals surface area contributed by atoms with E-state index >= 15 is 0 Å². The Bertz CT molecular complexity index is 414. The Labute approximate surface area is 107 Å². The van der Waals surface area contributed by atoms with Crippen LogP contribution in [0.1, 0.15) is 19.8 Å². The third-order valence-electron chi connectivity index (χ3n) is 3.29. The van der Waals surface area contributed by atoms with Crippen molar-refractivity contribution >= 4 is 11.7 Å². The number of esters is 1. The Morgan fingerprint density at radius 1 is 1.44 bits per heavy atom. The third-order valence-corrected chi connectivity index (χ3v) is 3.29. The number of piperidine rings is 1. The third kappa shape index (κ3) is 3.00. The maximum absolute atomic E-state index is 13.1. The van der Waals surface area contributed by atoms with E-state index in [4.69, 9.17) is 4.74 Å². The molecule has 18 heavy (non-hydrogen) atoms. The summed E-state index contributed by atoms with van der Waals surface area (Å²) in [7, 11) is 0. The van der Waals surface area contributed by atoms with Crippen LogP contribution in [0.25, 0.3) is 0 Å². The van der Waals surface area contributed by atoms with Crippen LogP contribution in [0, 0.1) is 11.7 Å². The van der Waals surface area contributed by atoms with Crippen molar-refractivity contribution in [2.45, 2.75) is 19.8 Å². The molecule has 1 aromatic rings. The quantitative estimate of drug-likeness (QED) is 0.773. The molecule has 1 fully saturated rings. The minimum Gasteiger partial charge on any atom is -0.466 e. The van der Waals surface area contributed by atoms with Crippen LogP contribution in [0.4, 0.5) is 10.1 Å². The minimum atomic E-state index is -0.222. The summed E-state index contributed by atoms with van der Waals surface area (Å²) in [6.45, 7) is 3.79. The Balaban J connectivity index is 1.92. The average Bonchev–Trinajstić information content (AvgIpc) is 2.39. The molecule has 0 saturated carbocycles. The van der Waals surface area contributed by atoms with Gasteiger partial charge in [0.2, 0.25) is 0 Å². The summed E-state index contributed by atoms with van der Waals surface area (Å²) in [5, 5.41) is 0. The number of hydrogen-bond donors (Lipinski definition) is 0. The van der Waals surface area contributed by atoms with Crippen LogP contribution in [0.5, 0.6) is 0 Å². The molecule has 3 nitrogen and oxygen atoms in total. The minimum absolute atomic E-state index is 0.00485. The SMILES string of the molecule is CCOC(=O)C1CCN(c2cccc(F)c2)CC1. The first kappa shape index (κ1) is 12.9. The van der Waals surface area contributed by atoms with Crippen LogP contribution >= 0.6 is 0 Å². The van der Waals surface area contributed by atoms with Gasteiger partial charge < -0.3 is 9.64 Å². The maximum atomic E-state index is 13.1. The van der Waals surface area contributed by atoms with Crippen molar-refractivity contribution < 1.29 is 13.9 Å². The van der Waals surface area contributed by atoms with E-state index in [1.807, 2.05) is 13.0 Å². The largest absolute Gasteiger partial charge is 0.466 e. The van der Waals surface area contributed by atoms with Crippen molar-refractivity contribution in [2.24, 2.45) is 5.92 Å². The number of benzene rings is 1.